The second kappa shape index (κ2) is 10.8. The number of esters is 1. The van der Waals surface area contributed by atoms with E-state index in [1.807, 2.05) is 30.3 Å². The lowest BCUT2D eigenvalue weighted by Gasteiger charge is -2.24. The molecular formula is C28H22ClFN2O5S. The van der Waals surface area contributed by atoms with Gasteiger partial charge in [-0.25, -0.2) is 14.2 Å². The Labute approximate surface area is 225 Å². The van der Waals surface area contributed by atoms with Crippen LogP contribution in [0.15, 0.2) is 86.1 Å². The standard InChI is InChI=1S/C28H22ClFN2O5S/c1-3-35-27(34)24-16(2)31-28-32(25(24)17-7-5-4-6-8-17)26(33)23(38-28)14-19-9-10-20(37-19)15-36-18-11-12-22(30)21(29)13-18/h4-14,25H,3,15H2,1-2H3/b23-14+. The number of ether oxygens (including phenoxy) is 2. The second-order valence-corrected chi connectivity index (χ2v) is 9.80. The first-order valence-electron chi connectivity index (χ1n) is 11.8. The lowest BCUT2D eigenvalue weighted by molar-refractivity contribution is -0.139. The van der Waals surface area contributed by atoms with E-state index in [2.05, 4.69) is 4.99 Å². The van der Waals surface area contributed by atoms with Crippen LogP contribution in [0.1, 0.15) is 37.0 Å². The maximum Gasteiger partial charge on any atom is 0.338 e. The minimum absolute atomic E-state index is 0.0341. The highest BCUT2D eigenvalue weighted by molar-refractivity contribution is 7.07. The third-order valence-electron chi connectivity index (χ3n) is 5.86. The number of allylic oxidation sites excluding steroid dienone is 1. The second-order valence-electron chi connectivity index (χ2n) is 8.38. The SMILES string of the molecule is CCOC(=O)C1=C(C)N=c2s/c(=C/c3ccc(COc4ccc(F)c(Cl)c4)o3)c(=O)n2C1c1ccccc1. The Morgan fingerprint density at radius 3 is 2.74 bits per heavy atom. The lowest BCUT2D eigenvalue weighted by Crippen LogP contribution is -2.39. The molecule has 1 unspecified atom stereocenters. The highest BCUT2D eigenvalue weighted by Crippen LogP contribution is 2.30. The molecule has 0 bridgehead atoms. The molecule has 4 aromatic rings. The molecule has 0 saturated heterocycles. The van der Waals surface area contributed by atoms with E-state index < -0.39 is 17.8 Å². The predicted molar refractivity (Wildman–Crippen MR) is 141 cm³/mol. The number of carbonyl (C=O) groups is 1. The summed E-state index contributed by atoms with van der Waals surface area (Å²) in [7, 11) is 0. The molecule has 0 radical (unpaired) electrons. The number of thiazole rings is 1. The van der Waals surface area contributed by atoms with E-state index in [1.165, 1.54) is 34.1 Å². The third-order valence-corrected chi connectivity index (χ3v) is 7.13. The Morgan fingerprint density at radius 2 is 2.00 bits per heavy atom. The zero-order chi connectivity index (χ0) is 26.8. The average Bonchev–Trinajstić information content (AvgIpc) is 3.48. The first-order chi connectivity index (χ1) is 18.4. The summed E-state index contributed by atoms with van der Waals surface area (Å²) in [4.78, 5) is 31.5. The smallest absolute Gasteiger partial charge is 0.338 e. The van der Waals surface area contributed by atoms with Crippen molar-refractivity contribution in [1.29, 1.82) is 0 Å². The molecule has 5 rings (SSSR count). The topological polar surface area (TPSA) is 83.0 Å². The first kappa shape index (κ1) is 25.7. The van der Waals surface area contributed by atoms with Crippen LogP contribution in [0.5, 0.6) is 5.75 Å². The number of nitrogens with zero attached hydrogens (tertiary/aromatic N) is 2. The molecule has 0 aliphatic carbocycles. The van der Waals surface area contributed by atoms with Crippen LogP contribution in [0.2, 0.25) is 5.02 Å². The minimum Gasteiger partial charge on any atom is -0.486 e. The van der Waals surface area contributed by atoms with Gasteiger partial charge in [-0.2, -0.15) is 0 Å². The van der Waals surface area contributed by atoms with Crippen LogP contribution in [0.25, 0.3) is 6.08 Å². The summed E-state index contributed by atoms with van der Waals surface area (Å²) in [6.45, 7) is 3.78. The molecule has 38 heavy (non-hydrogen) atoms. The highest BCUT2D eigenvalue weighted by atomic mass is 35.5. The van der Waals surface area contributed by atoms with Gasteiger partial charge >= 0.3 is 5.97 Å². The molecule has 194 valence electrons. The summed E-state index contributed by atoms with van der Waals surface area (Å²) >= 11 is 7.01. The van der Waals surface area contributed by atoms with Crippen molar-refractivity contribution in [3.63, 3.8) is 0 Å². The van der Waals surface area contributed by atoms with E-state index in [9.17, 15) is 14.0 Å². The van der Waals surface area contributed by atoms with E-state index >= 15 is 0 Å². The van der Waals surface area contributed by atoms with Crippen molar-refractivity contribution in [1.82, 2.24) is 4.57 Å². The van der Waals surface area contributed by atoms with Gasteiger partial charge in [-0.15, -0.1) is 0 Å². The molecule has 0 fully saturated rings. The third kappa shape index (κ3) is 5.07. The van der Waals surface area contributed by atoms with Crippen molar-refractivity contribution >= 4 is 35.0 Å². The normalized spacial score (nSPS) is 15.3. The lowest BCUT2D eigenvalue weighted by atomic mass is 9.96. The average molecular weight is 553 g/mol. The summed E-state index contributed by atoms with van der Waals surface area (Å²) in [6.07, 6.45) is 1.63. The fourth-order valence-electron chi connectivity index (χ4n) is 4.14. The molecule has 10 heteroatoms. The van der Waals surface area contributed by atoms with Crippen LogP contribution in [0.3, 0.4) is 0 Å². The summed E-state index contributed by atoms with van der Waals surface area (Å²) in [5.74, 6) is 0.321. The van der Waals surface area contributed by atoms with E-state index in [4.69, 9.17) is 25.5 Å². The van der Waals surface area contributed by atoms with Crippen molar-refractivity contribution in [3.05, 3.63) is 120 Å². The Morgan fingerprint density at radius 1 is 1.21 bits per heavy atom. The van der Waals surface area contributed by atoms with Gasteiger partial charge in [-0.3, -0.25) is 9.36 Å². The maximum absolute atomic E-state index is 13.6. The number of hydrogen-bond acceptors (Lipinski definition) is 7. The number of benzene rings is 2. The number of rotatable bonds is 7. The Bertz CT molecular complexity index is 1720. The summed E-state index contributed by atoms with van der Waals surface area (Å²) < 4.78 is 32.0. The Balaban J connectivity index is 1.49. The van der Waals surface area contributed by atoms with Crippen molar-refractivity contribution in [2.45, 2.75) is 26.5 Å². The number of carbonyl (C=O) groups excluding carboxylic acids is 1. The van der Waals surface area contributed by atoms with Crippen LogP contribution >= 0.6 is 22.9 Å². The molecule has 1 aliphatic heterocycles. The molecule has 0 N–H and O–H groups in total. The number of hydrogen-bond donors (Lipinski definition) is 0. The molecule has 1 atom stereocenters. The van der Waals surface area contributed by atoms with Crippen LogP contribution in [0, 0.1) is 5.82 Å². The molecule has 1 aliphatic rings. The number of halogens is 2. The van der Waals surface area contributed by atoms with E-state index in [-0.39, 0.29) is 23.8 Å². The van der Waals surface area contributed by atoms with Gasteiger partial charge in [-0.1, -0.05) is 53.3 Å². The van der Waals surface area contributed by atoms with Gasteiger partial charge in [0.25, 0.3) is 5.56 Å². The van der Waals surface area contributed by atoms with Crippen LogP contribution < -0.4 is 19.6 Å². The molecule has 2 aromatic carbocycles. The van der Waals surface area contributed by atoms with Crippen LogP contribution in [-0.4, -0.2) is 17.1 Å². The monoisotopic (exact) mass is 552 g/mol. The zero-order valence-corrected chi connectivity index (χ0v) is 22.0. The van der Waals surface area contributed by atoms with Gasteiger partial charge in [0.05, 0.1) is 33.5 Å². The number of furan rings is 1. The van der Waals surface area contributed by atoms with Crippen molar-refractivity contribution in [2.75, 3.05) is 6.61 Å². The van der Waals surface area contributed by atoms with Crippen molar-refractivity contribution < 1.29 is 23.1 Å². The Hall–Kier alpha value is -3.95. The number of fused-ring (bicyclic) bond motifs is 1. The van der Waals surface area contributed by atoms with E-state index in [0.717, 1.165) is 5.56 Å². The minimum atomic E-state index is -0.670. The fraction of sp³-hybridized carbons (Fsp3) is 0.179. The van der Waals surface area contributed by atoms with Gasteiger partial charge in [0.1, 0.15) is 29.7 Å². The van der Waals surface area contributed by atoms with Crippen LogP contribution in [0.4, 0.5) is 4.39 Å². The molecule has 2 aromatic heterocycles. The summed E-state index contributed by atoms with van der Waals surface area (Å²) in [5, 5.41) is -0.0341. The molecule has 0 saturated carbocycles. The summed E-state index contributed by atoms with van der Waals surface area (Å²) in [6, 6.07) is 16.2. The number of aromatic nitrogens is 1. The van der Waals surface area contributed by atoms with Crippen molar-refractivity contribution in [2.24, 2.45) is 4.99 Å². The zero-order valence-electron chi connectivity index (χ0n) is 20.4. The Kier molecular flexibility index (Phi) is 7.31. The molecule has 3 heterocycles. The van der Waals surface area contributed by atoms with Crippen LogP contribution in [-0.2, 0) is 16.1 Å². The first-order valence-corrected chi connectivity index (χ1v) is 13.0. The van der Waals surface area contributed by atoms with Gasteiger partial charge in [0, 0.05) is 12.1 Å². The van der Waals surface area contributed by atoms with Crippen molar-refractivity contribution in [3.8, 4) is 5.75 Å². The van der Waals surface area contributed by atoms with Gasteiger partial charge in [0.2, 0.25) is 0 Å². The largest absolute Gasteiger partial charge is 0.486 e. The summed E-state index contributed by atoms with van der Waals surface area (Å²) in [5.41, 5.74) is 1.31. The fourth-order valence-corrected chi connectivity index (χ4v) is 5.34. The van der Waals surface area contributed by atoms with E-state index in [1.54, 1.807) is 32.1 Å². The van der Waals surface area contributed by atoms with E-state index in [0.29, 0.717) is 37.9 Å². The van der Waals surface area contributed by atoms with Gasteiger partial charge in [-0.05, 0) is 43.7 Å². The molecular weight excluding hydrogens is 531 g/mol. The molecule has 0 amide bonds. The maximum atomic E-state index is 13.6. The highest BCUT2D eigenvalue weighted by Gasteiger charge is 2.33. The van der Waals surface area contributed by atoms with Gasteiger partial charge in [0.15, 0.2) is 4.80 Å². The molecule has 7 nitrogen and oxygen atoms in total. The quantitative estimate of drug-likeness (QED) is 0.309. The van der Waals surface area contributed by atoms with Gasteiger partial charge < -0.3 is 13.9 Å². The molecule has 0 spiro atoms. The predicted octanol–water partition coefficient (Wildman–Crippen LogP) is 4.76.